The second kappa shape index (κ2) is 7.97. The Hall–Kier alpha value is -3.94. The molecule has 2 amide bonds. The van der Waals surface area contributed by atoms with Gasteiger partial charge in [-0.15, -0.1) is 0 Å². The van der Waals surface area contributed by atoms with Crippen LogP contribution in [0.25, 0.3) is 10.9 Å². The molecular formula is C21H21N7O. The molecule has 3 heterocycles. The van der Waals surface area contributed by atoms with Gasteiger partial charge in [-0.25, -0.2) is 9.78 Å². The van der Waals surface area contributed by atoms with Crippen LogP contribution >= 0.6 is 0 Å². The van der Waals surface area contributed by atoms with Gasteiger partial charge in [-0.2, -0.15) is 5.10 Å². The van der Waals surface area contributed by atoms with Crippen LogP contribution in [0.15, 0.2) is 60.9 Å². The fraction of sp³-hybridized carbons (Fsp3) is 0.143. The number of nitrogens with one attached hydrogen (secondary N) is 4. The van der Waals surface area contributed by atoms with Crippen molar-refractivity contribution in [1.82, 2.24) is 25.5 Å². The summed E-state index contributed by atoms with van der Waals surface area (Å²) in [4.78, 5) is 20.9. The van der Waals surface area contributed by atoms with Crippen molar-refractivity contribution in [3.8, 4) is 0 Å². The number of fused-ring (bicyclic) bond motifs is 1. The normalized spacial score (nSPS) is 11.8. The highest BCUT2D eigenvalue weighted by Gasteiger charge is 2.12. The number of H-pyrrole nitrogens is 1. The number of carbonyl (C=O) groups is 1. The first kappa shape index (κ1) is 18.4. The Bertz CT molecular complexity index is 1120. The molecule has 4 aromatic rings. The summed E-state index contributed by atoms with van der Waals surface area (Å²) < 4.78 is 0. The number of benzene rings is 1. The molecule has 8 heteroatoms. The zero-order valence-electron chi connectivity index (χ0n) is 16.1. The molecule has 3 aromatic heterocycles. The van der Waals surface area contributed by atoms with E-state index in [1.807, 2.05) is 56.3 Å². The number of aryl methyl sites for hydroxylation is 1. The summed E-state index contributed by atoms with van der Waals surface area (Å²) >= 11 is 0. The average molecular weight is 387 g/mol. The largest absolute Gasteiger partial charge is 0.337 e. The topological polar surface area (TPSA) is 108 Å². The third-order valence-electron chi connectivity index (χ3n) is 4.51. The number of nitrogens with zero attached hydrogens (tertiary/aromatic N) is 3. The highest BCUT2D eigenvalue weighted by molar-refractivity contribution is 5.95. The quantitative estimate of drug-likeness (QED) is 0.409. The van der Waals surface area contributed by atoms with Gasteiger partial charge in [-0.3, -0.25) is 15.4 Å². The van der Waals surface area contributed by atoms with Gasteiger partial charge in [0.25, 0.3) is 0 Å². The van der Waals surface area contributed by atoms with Crippen LogP contribution in [0.5, 0.6) is 0 Å². The van der Waals surface area contributed by atoms with E-state index in [1.165, 1.54) is 0 Å². The van der Waals surface area contributed by atoms with Crippen LogP contribution < -0.4 is 16.0 Å². The lowest BCUT2D eigenvalue weighted by Gasteiger charge is -2.14. The molecule has 0 aliphatic rings. The molecule has 0 spiro atoms. The number of aromatic nitrogens is 4. The van der Waals surface area contributed by atoms with E-state index in [4.69, 9.17) is 0 Å². The number of amides is 2. The van der Waals surface area contributed by atoms with Crippen LogP contribution in [0, 0.1) is 6.92 Å². The maximum absolute atomic E-state index is 12.3. The van der Waals surface area contributed by atoms with Crippen LogP contribution in [-0.2, 0) is 0 Å². The SMILES string of the molecule is Cc1ccc(Nc2n[nH]c3cc(NC(=O)NC(C)c4ccccc4)ncc23)cn1. The molecular weight excluding hydrogens is 366 g/mol. The number of aromatic amines is 1. The van der Waals surface area contributed by atoms with Crippen LogP contribution in [0.2, 0.25) is 0 Å². The Balaban J connectivity index is 1.44. The van der Waals surface area contributed by atoms with Crippen LogP contribution in [0.1, 0.15) is 24.2 Å². The summed E-state index contributed by atoms with van der Waals surface area (Å²) in [5, 5.41) is 16.9. The van der Waals surface area contributed by atoms with Crippen molar-refractivity contribution in [3.05, 3.63) is 72.2 Å². The van der Waals surface area contributed by atoms with Crippen molar-refractivity contribution in [1.29, 1.82) is 0 Å². The number of hydrogen-bond donors (Lipinski definition) is 4. The van der Waals surface area contributed by atoms with E-state index in [2.05, 4.69) is 36.1 Å². The summed E-state index contributed by atoms with van der Waals surface area (Å²) in [5.41, 5.74) is 3.56. The molecule has 0 saturated heterocycles. The van der Waals surface area contributed by atoms with Crippen LogP contribution in [0.3, 0.4) is 0 Å². The molecule has 1 unspecified atom stereocenters. The molecule has 8 nitrogen and oxygen atoms in total. The first-order chi connectivity index (χ1) is 14.1. The second-order valence-corrected chi connectivity index (χ2v) is 6.73. The predicted octanol–water partition coefficient (Wildman–Crippen LogP) is 4.29. The van der Waals surface area contributed by atoms with Gasteiger partial charge in [-0.1, -0.05) is 30.3 Å². The van der Waals surface area contributed by atoms with Crippen molar-refractivity contribution < 1.29 is 4.79 Å². The van der Waals surface area contributed by atoms with Crippen molar-refractivity contribution in [2.45, 2.75) is 19.9 Å². The zero-order valence-corrected chi connectivity index (χ0v) is 16.1. The van der Waals surface area contributed by atoms with Gasteiger partial charge in [0.1, 0.15) is 5.82 Å². The summed E-state index contributed by atoms with van der Waals surface area (Å²) in [7, 11) is 0. The molecule has 1 atom stereocenters. The number of urea groups is 1. The lowest BCUT2D eigenvalue weighted by molar-refractivity contribution is 0.249. The van der Waals surface area contributed by atoms with Gasteiger partial charge >= 0.3 is 6.03 Å². The zero-order chi connectivity index (χ0) is 20.2. The number of carbonyl (C=O) groups excluding carboxylic acids is 1. The van der Waals surface area contributed by atoms with Crippen molar-refractivity contribution >= 4 is 34.3 Å². The molecule has 146 valence electrons. The molecule has 4 N–H and O–H groups in total. The molecule has 4 rings (SSSR count). The molecule has 0 aliphatic heterocycles. The minimum absolute atomic E-state index is 0.119. The smallest absolute Gasteiger partial charge is 0.320 e. The Morgan fingerprint density at radius 3 is 2.66 bits per heavy atom. The third kappa shape index (κ3) is 4.32. The van der Waals surface area contributed by atoms with E-state index in [-0.39, 0.29) is 12.1 Å². The summed E-state index contributed by atoms with van der Waals surface area (Å²) in [5.74, 6) is 1.08. The fourth-order valence-electron chi connectivity index (χ4n) is 2.93. The van der Waals surface area contributed by atoms with Crippen LogP contribution in [-0.4, -0.2) is 26.2 Å². The van der Waals surface area contributed by atoms with E-state index >= 15 is 0 Å². The van der Waals surface area contributed by atoms with E-state index < -0.39 is 0 Å². The number of rotatable bonds is 5. The van der Waals surface area contributed by atoms with Gasteiger partial charge in [0, 0.05) is 18.0 Å². The highest BCUT2D eigenvalue weighted by Crippen LogP contribution is 2.24. The first-order valence-electron chi connectivity index (χ1n) is 9.25. The van der Waals surface area contributed by atoms with Crippen molar-refractivity contribution in [2.24, 2.45) is 0 Å². The fourth-order valence-corrected chi connectivity index (χ4v) is 2.93. The standard InChI is InChI=1S/C21H21N7O/c1-13-8-9-16(11-22-13)25-20-17-12-23-19(10-18(17)27-28-20)26-21(29)24-14(2)15-6-4-3-5-7-15/h3-12,14H,1-2H3,(H2,25,27,28)(H2,23,24,26,29). The number of pyridine rings is 2. The highest BCUT2D eigenvalue weighted by atomic mass is 16.2. The number of anilines is 3. The average Bonchev–Trinajstić information content (AvgIpc) is 3.12. The lowest BCUT2D eigenvalue weighted by atomic mass is 10.1. The van der Waals surface area contributed by atoms with Gasteiger partial charge in [0.2, 0.25) is 0 Å². The number of hydrogen-bond acceptors (Lipinski definition) is 5. The first-order valence-corrected chi connectivity index (χ1v) is 9.25. The molecule has 0 bridgehead atoms. The molecule has 0 aliphatic carbocycles. The minimum atomic E-state index is -0.322. The molecule has 0 fully saturated rings. The minimum Gasteiger partial charge on any atom is -0.337 e. The predicted molar refractivity (Wildman–Crippen MR) is 113 cm³/mol. The lowest BCUT2D eigenvalue weighted by Crippen LogP contribution is -2.31. The van der Waals surface area contributed by atoms with Crippen molar-refractivity contribution in [3.63, 3.8) is 0 Å². The van der Waals surface area contributed by atoms with E-state index in [0.717, 1.165) is 27.8 Å². The third-order valence-corrected chi connectivity index (χ3v) is 4.51. The van der Waals surface area contributed by atoms with E-state index in [0.29, 0.717) is 11.6 Å². The molecule has 1 aromatic carbocycles. The molecule has 29 heavy (non-hydrogen) atoms. The Kier molecular flexibility index (Phi) is 5.07. The van der Waals surface area contributed by atoms with Gasteiger partial charge in [0.15, 0.2) is 5.82 Å². The van der Waals surface area contributed by atoms with E-state index in [1.54, 1.807) is 18.5 Å². The molecule has 0 radical (unpaired) electrons. The Labute approximate surface area is 167 Å². The molecule has 0 saturated carbocycles. The Morgan fingerprint density at radius 1 is 1.07 bits per heavy atom. The summed E-state index contributed by atoms with van der Waals surface area (Å²) in [6, 6.07) is 14.9. The Morgan fingerprint density at radius 2 is 1.90 bits per heavy atom. The van der Waals surface area contributed by atoms with Crippen molar-refractivity contribution in [2.75, 3.05) is 10.6 Å². The monoisotopic (exact) mass is 387 g/mol. The maximum Gasteiger partial charge on any atom is 0.320 e. The van der Waals surface area contributed by atoms with Crippen LogP contribution in [0.4, 0.5) is 22.1 Å². The summed E-state index contributed by atoms with van der Waals surface area (Å²) in [6.07, 6.45) is 3.41. The second-order valence-electron chi connectivity index (χ2n) is 6.73. The maximum atomic E-state index is 12.3. The van der Waals surface area contributed by atoms with E-state index in [9.17, 15) is 4.79 Å². The van der Waals surface area contributed by atoms with Gasteiger partial charge in [0.05, 0.1) is 28.8 Å². The van der Waals surface area contributed by atoms with Gasteiger partial charge in [-0.05, 0) is 31.5 Å². The summed E-state index contributed by atoms with van der Waals surface area (Å²) in [6.45, 7) is 3.86. The van der Waals surface area contributed by atoms with Gasteiger partial charge < -0.3 is 10.6 Å².